The van der Waals surface area contributed by atoms with Crippen molar-refractivity contribution in [1.82, 2.24) is 4.90 Å². The van der Waals surface area contributed by atoms with Crippen LogP contribution in [0.4, 0.5) is 4.39 Å². The second-order valence-corrected chi connectivity index (χ2v) is 4.52. The van der Waals surface area contributed by atoms with Crippen molar-refractivity contribution < 1.29 is 4.39 Å². The van der Waals surface area contributed by atoms with E-state index >= 15 is 0 Å². The number of nitriles is 1. The Balaban J connectivity index is 2.13. The lowest BCUT2D eigenvalue weighted by Crippen LogP contribution is -2.20. The summed E-state index contributed by atoms with van der Waals surface area (Å²) in [6, 6.07) is 6.90. The zero-order valence-electron chi connectivity index (χ0n) is 9.41. The molecular weight excluding hydrogens is 203 g/mol. The van der Waals surface area contributed by atoms with Gasteiger partial charge in [-0.3, -0.25) is 4.90 Å². The Labute approximate surface area is 95.3 Å². The number of halogens is 1. The summed E-state index contributed by atoms with van der Waals surface area (Å²) < 4.78 is 13.8. The van der Waals surface area contributed by atoms with E-state index < -0.39 is 0 Å². The molecule has 1 atom stereocenters. The molecule has 0 N–H and O–H groups in total. The summed E-state index contributed by atoms with van der Waals surface area (Å²) in [5.74, 6) is 0.340. The van der Waals surface area contributed by atoms with Crippen molar-refractivity contribution in [2.75, 3.05) is 13.1 Å². The fourth-order valence-corrected chi connectivity index (χ4v) is 2.20. The highest BCUT2D eigenvalue weighted by atomic mass is 19.1. The maximum absolute atomic E-state index is 13.8. The van der Waals surface area contributed by atoms with Crippen LogP contribution in [0.25, 0.3) is 0 Å². The Bertz CT molecular complexity index is 422. The molecular formula is C13H15FN2. The van der Waals surface area contributed by atoms with Gasteiger partial charge in [-0.15, -0.1) is 0 Å². The lowest BCUT2D eigenvalue weighted by atomic mass is 10.1. The largest absolute Gasteiger partial charge is 0.299 e. The van der Waals surface area contributed by atoms with Crippen molar-refractivity contribution in [1.29, 1.82) is 5.26 Å². The maximum atomic E-state index is 13.8. The minimum absolute atomic E-state index is 0.143. The molecule has 1 heterocycles. The summed E-state index contributed by atoms with van der Waals surface area (Å²) in [6.07, 6.45) is 1.18. The van der Waals surface area contributed by atoms with E-state index in [1.165, 1.54) is 12.5 Å². The number of hydrogen-bond donors (Lipinski definition) is 0. The van der Waals surface area contributed by atoms with Crippen molar-refractivity contribution in [3.63, 3.8) is 0 Å². The molecule has 1 aliphatic rings. The highest BCUT2D eigenvalue weighted by molar-refractivity contribution is 5.34. The molecule has 0 bridgehead atoms. The molecule has 1 aromatic carbocycles. The molecule has 0 amide bonds. The molecule has 1 unspecified atom stereocenters. The molecule has 1 aromatic rings. The average Bonchev–Trinajstić information content (AvgIpc) is 2.67. The van der Waals surface area contributed by atoms with Gasteiger partial charge < -0.3 is 0 Å². The summed E-state index contributed by atoms with van der Waals surface area (Å²) in [6.45, 7) is 4.88. The fraction of sp³-hybridized carbons (Fsp3) is 0.462. The van der Waals surface area contributed by atoms with Crippen LogP contribution in [0, 0.1) is 23.1 Å². The third-order valence-electron chi connectivity index (χ3n) is 3.10. The quantitative estimate of drug-likeness (QED) is 0.762. The summed E-state index contributed by atoms with van der Waals surface area (Å²) in [5, 5.41) is 8.74. The second kappa shape index (κ2) is 4.63. The summed E-state index contributed by atoms with van der Waals surface area (Å²) in [4.78, 5) is 2.24. The molecule has 16 heavy (non-hydrogen) atoms. The minimum Gasteiger partial charge on any atom is -0.299 e. The van der Waals surface area contributed by atoms with Crippen LogP contribution in [-0.4, -0.2) is 18.0 Å². The van der Waals surface area contributed by atoms with Gasteiger partial charge in [0.05, 0.1) is 5.56 Å². The predicted octanol–water partition coefficient (Wildman–Crippen LogP) is 2.54. The zero-order valence-corrected chi connectivity index (χ0v) is 9.41. The van der Waals surface area contributed by atoms with E-state index in [-0.39, 0.29) is 11.4 Å². The molecule has 84 valence electrons. The SMILES string of the molecule is CC1CCN(Cc2cccc(C#N)c2F)C1. The van der Waals surface area contributed by atoms with Gasteiger partial charge >= 0.3 is 0 Å². The smallest absolute Gasteiger partial charge is 0.145 e. The number of nitrogens with zero attached hydrogens (tertiary/aromatic N) is 2. The summed E-state index contributed by atoms with van der Waals surface area (Å²) >= 11 is 0. The van der Waals surface area contributed by atoms with Crippen molar-refractivity contribution in [3.8, 4) is 6.07 Å². The van der Waals surface area contributed by atoms with E-state index in [4.69, 9.17) is 5.26 Å². The molecule has 0 saturated carbocycles. The number of benzene rings is 1. The zero-order chi connectivity index (χ0) is 11.5. The first-order valence-electron chi connectivity index (χ1n) is 5.60. The van der Waals surface area contributed by atoms with E-state index in [0.717, 1.165) is 13.1 Å². The summed E-state index contributed by atoms with van der Waals surface area (Å²) in [5.41, 5.74) is 0.776. The van der Waals surface area contributed by atoms with Gasteiger partial charge in [0.15, 0.2) is 0 Å². The first-order chi connectivity index (χ1) is 7.70. The van der Waals surface area contributed by atoms with Crippen molar-refractivity contribution >= 4 is 0 Å². The van der Waals surface area contributed by atoms with E-state index in [0.29, 0.717) is 18.0 Å². The van der Waals surface area contributed by atoms with Crippen LogP contribution in [0.2, 0.25) is 0 Å². The lowest BCUT2D eigenvalue weighted by molar-refractivity contribution is 0.315. The molecule has 2 nitrogen and oxygen atoms in total. The van der Waals surface area contributed by atoms with E-state index in [1.807, 2.05) is 6.07 Å². The Morgan fingerprint density at radius 3 is 3.00 bits per heavy atom. The van der Waals surface area contributed by atoms with Gasteiger partial charge in [-0.1, -0.05) is 19.1 Å². The van der Waals surface area contributed by atoms with Crippen LogP contribution in [0.3, 0.4) is 0 Å². The number of rotatable bonds is 2. The first-order valence-corrected chi connectivity index (χ1v) is 5.60. The lowest BCUT2D eigenvalue weighted by Gasteiger charge is -2.15. The average molecular weight is 218 g/mol. The topological polar surface area (TPSA) is 27.0 Å². The van der Waals surface area contributed by atoms with Crippen LogP contribution >= 0.6 is 0 Å². The van der Waals surface area contributed by atoms with Gasteiger partial charge in [0.25, 0.3) is 0 Å². The fourth-order valence-electron chi connectivity index (χ4n) is 2.20. The molecule has 2 rings (SSSR count). The highest BCUT2D eigenvalue weighted by Gasteiger charge is 2.20. The van der Waals surface area contributed by atoms with E-state index in [9.17, 15) is 4.39 Å². The predicted molar refractivity (Wildman–Crippen MR) is 60.2 cm³/mol. The van der Waals surface area contributed by atoms with Crippen LogP contribution in [0.5, 0.6) is 0 Å². The van der Waals surface area contributed by atoms with E-state index in [2.05, 4.69) is 11.8 Å². The van der Waals surface area contributed by atoms with Crippen LogP contribution < -0.4 is 0 Å². The minimum atomic E-state index is -0.357. The maximum Gasteiger partial charge on any atom is 0.145 e. The molecule has 0 aromatic heterocycles. The monoisotopic (exact) mass is 218 g/mol. The summed E-state index contributed by atoms with van der Waals surface area (Å²) in [7, 11) is 0. The standard InChI is InChI=1S/C13H15FN2/c1-10-5-6-16(8-10)9-12-4-2-3-11(7-15)13(12)14/h2-4,10H,5-6,8-9H2,1H3. The van der Waals surface area contributed by atoms with Crippen LogP contribution in [0.1, 0.15) is 24.5 Å². The molecule has 1 fully saturated rings. The Hall–Kier alpha value is -1.40. The van der Waals surface area contributed by atoms with E-state index in [1.54, 1.807) is 12.1 Å². The van der Waals surface area contributed by atoms with Gasteiger partial charge in [-0.05, 0) is 24.9 Å². The number of hydrogen-bond acceptors (Lipinski definition) is 2. The Morgan fingerprint density at radius 1 is 1.56 bits per heavy atom. The molecule has 0 aliphatic carbocycles. The normalized spacial score (nSPS) is 20.9. The van der Waals surface area contributed by atoms with Gasteiger partial charge in [-0.2, -0.15) is 5.26 Å². The molecule has 1 saturated heterocycles. The Kier molecular flexibility index (Phi) is 3.21. The van der Waals surface area contributed by atoms with Crippen molar-refractivity contribution in [2.45, 2.75) is 19.9 Å². The van der Waals surface area contributed by atoms with Gasteiger partial charge in [0.2, 0.25) is 0 Å². The third-order valence-corrected chi connectivity index (χ3v) is 3.10. The van der Waals surface area contributed by atoms with Crippen LogP contribution in [-0.2, 0) is 6.54 Å². The Morgan fingerprint density at radius 2 is 2.38 bits per heavy atom. The second-order valence-electron chi connectivity index (χ2n) is 4.52. The van der Waals surface area contributed by atoms with Crippen molar-refractivity contribution in [2.24, 2.45) is 5.92 Å². The molecule has 0 spiro atoms. The van der Waals surface area contributed by atoms with Gasteiger partial charge in [0, 0.05) is 18.7 Å². The highest BCUT2D eigenvalue weighted by Crippen LogP contribution is 2.20. The molecule has 3 heteroatoms. The van der Waals surface area contributed by atoms with Gasteiger partial charge in [-0.25, -0.2) is 4.39 Å². The van der Waals surface area contributed by atoms with Gasteiger partial charge in [0.1, 0.15) is 11.9 Å². The first kappa shape index (κ1) is 11.1. The van der Waals surface area contributed by atoms with Crippen molar-refractivity contribution in [3.05, 3.63) is 35.1 Å². The third kappa shape index (κ3) is 2.23. The molecule has 0 radical (unpaired) electrons. The molecule has 1 aliphatic heterocycles. The van der Waals surface area contributed by atoms with Crippen LogP contribution in [0.15, 0.2) is 18.2 Å². The number of likely N-dealkylation sites (tertiary alicyclic amines) is 1.